The second kappa shape index (κ2) is 8.32. The van der Waals surface area contributed by atoms with Gasteiger partial charge in [-0.05, 0) is 61.2 Å². The lowest BCUT2D eigenvalue weighted by molar-refractivity contribution is -0.121. The molecule has 0 aliphatic heterocycles. The van der Waals surface area contributed by atoms with Gasteiger partial charge in [0.15, 0.2) is 0 Å². The zero-order valence-corrected chi connectivity index (χ0v) is 13.6. The Morgan fingerprint density at radius 3 is 2.52 bits per heavy atom. The maximum absolute atomic E-state index is 12.8. The molecule has 0 fully saturated rings. The van der Waals surface area contributed by atoms with Crippen LogP contribution in [0.25, 0.3) is 0 Å². The summed E-state index contributed by atoms with van der Waals surface area (Å²) in [6, 6.07) is 12.2. The number of carbonyl (C=O) groups excluding carboxylic acids is 1. The van der Waals surface area contributed by atoms with Crippen LogP contribution in [0.3, 0.4) is 0 Å². The fourth-order valence-corrected chi connectivity index (χ4v) is 2.16. The van der Waals surface area contributed by atoms with Gasteiger partial charge in [0.05, 0.1) is 6.54 Å². The van der Waals surface area contributed by atoms with Crippen LogP contribution in [0.2, 0.25) is 0 Å². The summed E-state index contributed by atoms with van der Waals surface area (Å²) >= 11 is 0. The van der Waals surface area contributed by atoms with Gasteiger partial charge in [0.25, 0.3) is 0 Å². The molecule has 2 rings (SSSR count). The molecule has 2 aromatic rings. The van der Waals surface area contributed by atoms with E-state index in [4.69, 9.17) is 4.74 Å². The second-order valence-electron chi connectivity index (χ2n) is 5.57. The Bertz CT molecular complexity index is 653. The van der Waals surface area contributed by atoms with E-state index in [2.05, 4.69) is 12.2 Å². The van der Waals surface area contributed by atoms with Gasteiger partial charge in [0, 0.05) is 6.42 Å². The largest absolute Gasteiger partial charge is 0.492 e. The first kappa shape index (κ1) is 17.0. The molecular formula is C19H22FNO2. The van der Waals surface area contributed by atoms with Crippen LogP contribution in [0.4, 0.5) is 4.39 Å². The summed E-state index contributed by atoms with van der Waals surface area (Å²) in [4.78, 5) is 11.8. The third kappa shape index (κ3) is 5.74. The third-order valence-corrected chi connectivity index (χ3v) is 3.73. The SMILES string of the molecule is Cc1ccc(OCCNC(=O)CCc2ccc(F)cc2)cc1C. The first-order valence-electron chi connectivity index (χ1n) is 7.76. The summed E-state index contributed by atoms with van der Waals surface area (Å²) in [6.45, 7) is 5.00. The van der Waals surface area contributed by atoms with Crippen molar-refractivity contribution < 1.29 is 13.9 Å². The minimum Gasteiger partial charge on any atom is -0.492 e. The summed E-state index contributed by atoms with van der Waals surface area (Å²) in [5.74, 6) is 0.522. The number of amides is 1. The summed E-state index contributed by atoms with van der Waals surface area (Å²) in [5.41, 5.74) is 3.37. The lowest BCUT2D eigenvalue weighted by Gasteiger charge is -2.09. The standard InChI is InChI=1S/C19H22FNO2/c1-14-3-9-18(13-15(14)2)23-12-11-21-19(22)10-6-16-4-7-17(20)8-5-16/h3-5,7-9,13H,6,10-12H2,1-2H3,(H,21,22). The number of benzene rings is 2. The van der Waals surface area contributed by atoms with Crippen LogP contribution in [0.15, 0.2) is 42.5 Å². The number of ether oxygens (including phenoxy) is 1. The number of rotatable bonds is 7. The van der Waals surface area contributed by atoms with Crippen molar-refractivity contribution in [3.63, 3.8) is 0 Å². The maximum Gasteiger partial charge on any atom is 0.220 e. The Hall–Kier alpha value is -2.36. The van der Waals surface area contributed by atoms with Gasteiger partial charge in [-0.3, -0.25) is 4.79 Å². The Morgan fingerprint density at radius 1 is 1.09 bits per heavy atom. The summed E-state index contributed by atoms with van der Waals surface area (Å²) in [6.07, 6.45) is 0.986. The smallest absolute Gasteiger partial charge is 0.220 e. The highest BCUT2D eigenvalue weighted by Crippen LogP contribution is 2.16. The van der Waals surface area contributed by atoms with Crippen molar-refractivity contribution in [3.8, 4) is 5.75 Å². The molecule has 0 saturated heterocycles. The zero-order valence-electron chi connectivity index (χ0n) is 13.6. The molecule has 0 bridgehead atoms. The van der Waals surface area contributed by atoms with E-state index < -0.39 is 0 Å². The number of halogens is 1. The molecule has 0 atom stereocenters. The topological polar surface area (TPSA) is 38.3 Å². The Balaban J connectivity index is 1.64. The molecule has 4 heteroatoms. The van der Waals surface area contributed by atoms with Crippen molar-refractivity contribution in [3.05, 3.63) is 65.0 Å². The first-order valence-corrected chi connectivity index (χ1v) is 7.76. The van der Waals surface area contributed by atoms with E-state index >= 15 is 0 Å². The summed E-state index contributed by atoms with van der Waals surface area (Å²) in [7, 11) is 0. The molecule has 0 spiro atoms. The quantitative estimate of drug-likeness (QED) is 0.793. The first-order chi connectivity index (χ1) is 11.0. The minimum absolute atomic E-state index is 0.0296. The monoisotopic (exact) mass is 315 g/mol. The number of aryl methyl sites for hydroxylation is 3. The van der Waals surface area contributed by atoms with Crippen LogP contribution in [-0.2, 0) is 11.2 Å². The average molecular weight is 315 g/mol. The normalized spacial score (nSPS) is 10.4. The molecule has 2 aromatic carbocycles. The van der Waals surface area contributed by atoms with Gasteiger partial charge in [-0.15, -0.1) is 0 Å². The summed E-state index contributed by atoms with van der Waals surface area (Å²) in [5, 5.41) is 2.82. The van der Waals surface area contributed by atoms with Crippen molar-refractivity contribution in [1.29, 1.82) is 0 Å². The van der Waals surface area contributed by atoms with Crippen molar-refractivity contribution >= 4 is 5.91 Å². The molecule has 0 aromatic heterocycles. The lowest BCUT2D eigenvalue weighted by atomic mass is 10.1. The van der Waals surface area contributed by atoms with E-state index in [9.17, 15) is 9.18 Å². The highest BCUT2D eigenvalue weighted by molar-refractivity contribution is 5.76. The van der Waals surface area contributed by atoms with E-state index in [0.29, 0.717) is 26.0 Å². The van der Waals surface area contributed by atoms with Crippen molar-refractivity contribution in [1.82, 2.24) is 5.32 Å². The summed E-state index contributed by atoms with van der Waals surface area (Å²) < 4.78 is 18.4. The highest BCUT2D eigenvalue weighted by Gasteiger charge is 2.03. The van der Waals surface area contributed by atoms with Crippen LogP contribution in [-0.4, -0.2) is 19.1 Å². The van der Waals surface area contributed by atoms with Gasteiger partial charge >= 0.3 is 0 Å². The molecule has 23 heavy (non-hydrogen) atoms. The zero-order chi connectivity index (χ0) is 16.7. The van der Waals surface area contributed by atoms with Gasteiger partial charge in [-0.2, -0.15) is 0 Å². The molecular weight excluding hydrogens is 293 g/mol. The molecule has 1 N–H and O–H groups in total. The minimum atomic E-state index is -0.262. The Labute approximate surface area is 136 Å². The predicted molar refractivity (Wildman–Crippen MR) is 89.1 cm³/mol. The number of carbonyl (C=O) groups is 1. The van der Waals surface area contributed by atoms with E-state index in [1.54, 1.807) is 12.1 Å². The van der Waals surface area contributed by atoms with Crippen LogP contribution in [0.1, 0.15) is 23.1 Å². The Morgan fingerprint density at radius 2 is 1.83 bits per heavy atom. The molecule has 0 radical (unpaired) electrons. The van der Waals surface area contributed by atoms with Crippen molar-refractivity contribution in [2.24, 2.45) is 0 Å². The molecule has 0 aliphatic carbocycles. The molecule has 122 valence electrons. The lowest BCUT2D eigenvalue weighted by Crippen LogP contribution is -2.28. The molecule has 3 nitrogen and oxygen atoms in total. The molecule has 0 saturated carbocycles. The Kier molecular flexibility index (Phi) is 6.15. The molecule has 0 unspecified atom stereocenters. The van der Waals surface area contributed by atoms with Crippen LogP contribution in [0, 0.1) is 19.7 Å². The van der Waals surface area contributed by atoms with E-state index in [1.807, 2.05) is 25.1 Å². The third-order valence-electron chi connectivity index (χ3n) is 3.73. The molecule has 0 heterocycles. The predicted octanol–water partition coefficient (Wildman–Crippen LogP) is 3.57. The molecule has 0 aliphatic rings. The van der Waals surface area contributed by atoms with Crippen molar-refractivity contribution in [2.45, 2.75) is 26.7 Å². The van der Waals surface area contributed by atoms with Crippen LogP contribution < -0.4 is 10.1 Å². The molecule has 1 amide bonds. The fourth-order valence-electron chi connectivity index (χ4n) is 2.16. The maximum atomic E-state index is 12.8. The van der Waals surface area contributed by atoms with Crippen LogP contribution >= 0.6 is 0 Å². The second-order valence-corrected chi connectivity index (χ2v) is 5.57. The van der Waals surface area contributed by atoms with E-state index in [0.717, 1.165) is 11.3 Å². The highest BCUT2D eigenvalue weighted by atomic mass is 19.1. The van der Waals surface area contributed by atoms with Gasteiger partial charge < -0.3 is 10.1 Å². The van der Waals surface area contributed by atoms with Gasteiger partial charge in [-0.25, -0.2) is 4.39 Å². The van der Waals surface area contributed by atoms with E-state index in [-0.39, 0.29) is 11.7 Å². The van der Waals surface area contributed by atoms with Crippen LogP contribution in [0.5, 0.6) is 5.75 Å². The number of hydrogen-bond donors (Lipinski definition) is 1. The van der Waals surface area contributed by atoms with Crippen molar-refractivity contribution in [2.75, 3.05) is 13.2 Å². The average Bonchev–Trinajstić information content (AvgIpc) is 2.54. The number of hydrogen-bond acceptors (Lipinski definition) is 2. The fraction of sp³-hybridized carbons (Fsp3) is 0.316. The number of nitrogens with one attached hydrogen (secondary N) is 1. The van der Waals surface area contributed by atoms with Gasteiger partial charge in [0.2, 0.25) is 5.91 Å². The van der Waals surface area contributed by atoms with Gasteiger partial charge in [-0.1, -0.05) is 18.2 Å². The van der Waals surface area contributed by atoms with Gasteiger partial charge in [0.1, 0.15) is 18.2 Å². The van der Waals surface area contributed by atoms with E-state index in [1.165, 1.54) is 23.3 Å².